The van der Waals surface area contributed by atoms with Crippen molar-refractivity contribution in [3.8, 4) is 5.69 Å². The number of hydrogen-bond donors (Lipinski definition) is 1. The highest BCUT2D eigenvalue weighted by atomic mass is 19.1. The predicted molar refractivity (Wildman–Crippen MR) is 73.7 cm³/mol. The van der Waals surface area contributed by atoms with Crippen LogP contribution in [0.25, 0.3) is 5.69 Å². The topological polar surface area (TPSA) is 56.7 Å². The maximum Gasteiger partial charge on any atom is 0.131 e. The van der Waals surface area contributed by atoms with Gasteiger partial charge in [-0.15, -0.1) is 0 Å². The zero-order valence-corrected chi connectivity index (χ0v) is 10.9. The number of para-hydroxylation sites is 1. The molecule has 3 rings (SSSR count). The van der Waals surface area contributed by atoms with Gasteiger partial charge in [-0.1, -0.05) is 24.3 Å². The number of nitrogens with zero attached hydrogens (tertiary/aromatic N) is 3. The first-order chi connectivity index (χ1) is 10.2. The summed E-state index contributed by atoms with van der Waals surface area (Å²) < 4.78 is 27.5. The van der Waals surface area contributed by atoms with E-state index >= 15 is 0 Å². The summed E-state index contributed by atoms with van der Waals surface area (Å²) in [7, 11) is 0. The molecule has 0 saturated heterocycles. The minimum atomic E-state index is -1.01. The molecule has 4 nitrogen and oxygen atoms in total. The lowest BCUT2D eigenvalue weighted by molar-refractivity contribution is 0.539. The van der Waals surface area contributed by atoms with Gasteiger partial charge in [0, 0.05) is 5.56 Å². The monoisotopic (exact) mass is 286 g/mol. The Balaban J connectivity index is 1.97. The van der Waals surface area contributed by atoms with E-state index in [-0.39, 0.29) is 5.56 Å². The molecule has 1 unspecified atom stereocenters. The third kappa shape index (κ3) is 2.53. The summed E-state index contributed by atoms with van der Waals surface area (Å²) in [6.45, 7) is 0. The van der Waals surface area contributed by atoms with E-state index in [0.717, 1.165) is 5.69 Å². The van der Waals surface area contributed by atoms with Crippen LogP contribution in [-0.4, -0.2) is 15.0 Å². The Hall–Kier alpha value is -2.60. The Labute approximate surface area is 119 Å². The summed E-state index contributed by atoms with van der Waals surface area (Å²) in [6, 6.07) is 11.8. The molecule has 6 heteroatoms. The van der Waals surface area contributed by atoms with Crippen molar-refractivity contribution in [2.45, 2.75) is 6.04 Å². The molecule has 0 radical (unpaired) electrons. The van der Waals surface area contributed by atoms with Gasteiger partial charge in [0.2, 0.25) is 0 Å². The lowest BCUT2D eigenvalue weighted by Gasteiger charge is -2.10. The SMILES string of the molecule is NC(c1cnn(-c2ccccc2)n1)c1c(F)cccc1F. The van der Waals surface area contributed by atoms with Gasteiger partial charge in [0.1, 0.15) is 17.3 Å². The third-order valence-electron chi connectivity index (χ3n) is 3.13. The molecular formula is C15H12F2N4. The van der Waals surface area contributed by atoms with Gasteiger partial charge in [-0.3, -0.25) is 0 Å². The second kappa shape index (κ2) is 5.41. The first-order valence-corrected chi connectivity index (χ1v) is 6.34. The molecule has 21 heavy (non-hydrogen) atoms. The highest BCUT2D eigenvalue weighted by molar-refractivity contribution is 5.31. The van der Waals surface area contributed by atoms with Crippen LogP contribution in [0.5, 0.6) is 0 Å². The molecular weight excluding hydrogens is 274 g/mol. The van der Waals surface area contributed by atoms with Crippen molar-refractivity contribution in [1.82, 2.24) is 15.0 Å². The van der Waals surface area contributed by atoms with Crippen LogP contribution in [0, 0.1) is 11.6 Å². The number of halogens is 2. The largest absolute Gasteiger partial charge is 0.319 e. The molecule has 0 aliphatic heterocycles. The van der Waals surface area contributed by atoms with E-state index in [0.29, 0.717) is 5.69 Å². The molecule has 0 bridgehead atoms. The zero-order chi connectivity index (χ0) is 14.8. The summed E-state index contributed by atoms with van der Waals surface area (Å²) >= 11 is 0. The second-order valence-corrected chi connectivity index (χ2v) is 4.51. The van der Waals surface area contributed by atoms with Crippen LogP contribution in [0.3, 0.4) is 0 Å². The van der Waals surface area contributed by atoms with Gasteiger partial charge < -0.3 is 5.73 Å². The summed E-state index contributed by atoms with van der Waals surface area (Å²) in [5, 5.41) is 8.26. The van der Waals surface area contributed by atoms with Crippen molar-refractivity contribution >= 4 is 0 Å². The van der Waals surface area contributed by atoms with Crippen LogP contribution in [-0.2, 0) is 0 Å². The van der Waals surface area contributed by atoms with Gasteiger partial charge >= 0.3 is 0 Å². The Bertz CT molecular complexity index is 735. The number of aromatic nitrogens is 3. The standard InChI is InChI=1S/C15H12F2N4/c16-11-7-4-8-12(17)14(11)15(18)13-9-19-21(20-13)10-5-2-1-3-6-10/h1-9,15H,18H2. The van der Waals surface area contributed by atoms with Crippen LogP contribution in [0.15, 0.2) is 54.7 Å². The molecule has 0 aliphatic rings. The van der Waals surface area contributed by atoms with E-state index in [2.05, 4.69) is 10.2 Å². The lowest BCUT2D eigenvalue weighted by atomic mass is 10.0. The fourth-order valence-corrected chi connectivity index (χ4v) is 2.06. The molecule has 106 valence electrons. The maximum absolute atomic E-state index is 13.7. The van der Waals surface area contributed by atoms with E-state index in [1.165, 1.54) is 29.2 Å². The Kier molecular flexibility index (Phi) is 3.45. The van der Waals surface area contributed by atoms with Crippen LogP contribution in [0.2, 0.25) is 0 Å². The molecule has 1 atom stereocenters. The number of benzene rings is 2. The summed E-state index contributed by atoms with van der Waals surface area (Å²) in [4.78, 5) is 1.37. The van der Waals surface area contributed by atoms with Crippen molar-refractivity contribution in [3.05, 3.63) is 77.6 Å². The van der Waals surface area contributed by atoms with Crippen molar-refractivity contribution in [1.29, 1.82) is 0 Å². The lowest BCUT2D eigenvalue weighted by Crippen LogP contribution is -2.16. The number of rotatable bonds is 3. The molecule has 1 heterocycles. The molecule has 0 amide bonds. The van der Waals surface area contributed by atoms with Gasteiger partial charge in [0.15, 0.2) is 0 Å². The average Bonchev–Trinajstić information content (AvgIpc) is 2.97. The fourth-order valence-electron chi connectivity index (χ4n) is 2.06. The maximum atomic E-state index is 13.7. The average molecular weight is 286 g/mol. The van der Waals surface area contributed by atoms with Crippen LogP contribution in [0.4, 0.5) is 8.78 Å². The molecule has 0 aliphatic carbocycles. The van der Waals surface area contributed by atoms with E-state index in [9.17, 15) is 8.78 Å². The summed E-state index contributed by atoms with van der Waals surface area (Å²) in [5.41, 5.74) is 6.74. The Morgan fingerprint density at radius 1 is 0.952 bits per heavy atom. The first kappa shape index (κ1) is 13.4. The zero-order valence-electron chi connectivity index (χ0n) is 10.9. The smallest absolute Gasteiger partial charge is 0.131 e. The van der Waals surface area contributed by atoms with E-state index in [1.807, 2.05) is 30.3 Å². The molecule has 3 aromatic rings. The number of hydrogen-bond acceptors (Lipinski definition) is 3. The van der Waals surface area contributed by atoms with E-state index < -0.39 is 17.7 Å². The minimum absolute atomic E-state index is 0.211. The summed E-state index contributed by atoms with van der Waals surface area (Å²) in [6.07, 6.45) is 1.41. The van der Waals surface area contributed by atoms with Crippen molar-refractivity contribution in [2.75, 3.05) is 0 Å². The van der Waals surface area contributed by atoms with Gasteiger partial charge in [-0.05, 0) is 24.3 Å². The Morgan fingerprint density at radius 2 is 1.62 bits per heavy atom. The molecule has 2 N–H and O–H groups in total. The molecule has 0 spiro atoms. The highest BCUT2D eigenvalue weighted by Crippen LogP contribution is 2.23. The van der Waals surface area contributed by atoms with Crippen molar-refractivity contribution in [3.63, 3.8) is 0 Å². The first-order valence-electron chi connectivity index (χ1n) is 6.34. The van der Waals surface area contributed by atoms with Crippen molar-refractivity contribution in [2.24, 2.45) is 5.73 Å². The third-order valence-corrected chi connectivity index (χ3v) is 3.13. The number of nitrogens with two attached hydrogens (primary N) is 1. The summed E-state index contributed by atoms with van der Waals surface area (Å²) in [5.74, 6) is -1.39. The van der Waals surface area contributed by atoms with Gasteiger partial charge in [-0.2, -0.15) is 15.0 Å². The van der Waals surface area contributed by atoms with Crippen molar-refractivity contribution < 1.29 is 8.78 Å². The predicted octanol–water partition coefficient (Wildman–Crippen LogP) is 2.59. The van der Waals surface area contributed by atoms with Gasteiger partial charge in [-0.25, -0.2) is 8.78 Å². The van der Waals surface area contributed by atoms with Gasteiger partial charge in [0.05, 0.1) is 17.9 Å². The van der Waals surface area contributed by atoms with E-state index in [4.69, 9.17) is 5.73 Å². The van der Waals surface area contributed by atoms with Crippen LogP contribution >= 0.6 is 0 Å². The quantitative estimate of drug-likeness (QED) is 0.805. The minimum Gasteiger partial charge on any atom is -0.319 e. The van der Waals surface area contributed by atoms with Gasteiger partial charge in [0.25, 0.3) is 0 Å². The van der Waals surface area contributed by atoms with E-state index in [1.54, 1.807) is 0 Å². The fraction of sp³-hybridized carbons (Fsp3) is 0.0667. The molecule has 0 fully saturated rings. The molecule has 1 aromatic heterocycles. The second-order valence-electron chi connectivity index (χ2n) is 4.51. The van der Waals surface area contributed by atoms with Crippen LogP contribution in [0.1, 0.15) is 17.3 Å². The normalized spacial score (nSPS) is 12.3. The Morgan fingerprint density at radius 3 is 2.29 bits per heavy atom. The highest BCUT2D eigenvalue weighted by Gasteiger charge is 2.21. The molecule has 2 aromatic carbocycles. The molecule has 0 saturated carbocycles. The van der Waals surface area contributed by atoms with Crippen LogP contribution < -0.4 is 5.73 Å².